The Morgan fingerprint density at radius 2 is 2.30 bits per heavy atom. The number of hydrogen-bond donors (Lipinski definition) is 2. The smallest absolute Gasteiger partial charge is 0.342 e. The maximum atomic E-state index is 12.4. The molecule has 2 N–H and O–H groups in total. The molecule has 23 heavy (non-hydrogen) atoms. The number of pyridine rings is 1. The lowest BCUT2D eigenvalue weighted by Gasteiger charge is -2.26. The third-order valence-corrected chi connectivity index (χ3v) is 3.86. The van der Waals surface area contributed by atoms with Crippen LogP contribution in [0.4, 0.5) is 5.69 Å². The number of anilines is 1. The molecule has 1 aliphatic heterocycles. The van der Waals surface area contributed by atoms with Crippen LogP contribution in [-0.2, 0) is 0 Å². The summed E-state index contributed by atoms with van der Waals surface area (Å²) in [6.07, 6.45) is 7.81. The number of aromatic nitrogens is 3. The first-order chi connectivity index (χ1) is 11.1. The maximum Gasteiger partial charge on any atom is 0.342 e. The SMILES string of the molecule is CC1CC/C(=C\Nc2cccnc2)c2ncc(C(=O)O)c(=O)n21. The minimum absolute atomic E-state index is 0.0835. The van der Waals surface area contributed by atoms with Crippen molar-refractivity contribution in [2.45, 2.75) is 25.8 Å². The van der Waals surface area contributed by atoms with Crippen LogP contribution in [0.3, 0.4) is 0 Å². The average Bonchev–Trinajstić information content (AvgIpc) is 2.55. The number of aromatic carboxylic acids is 1. The van der Waals surface area contributed by atoms with Crippen molar-refractivity contribution >= 4 is 17.2 Å². The fraction of sp³-hybridized carbons (Fsp3) is 0.250. The van der Waals surface area contributed by atoms with Crippen molar-refractivity contribution in [2.75, 3.05) is 5.32 Å². The van der Waals surface area contributed by atoms with E-state index in [-0.39, 0.29) is 11.6 Å². The van der Waals surface area contributed by atoms with Crippen molar-refractivity contribution < 1.29 is 9.90 Å². The Labute approximate surface area is 132 Å². The van der Waals surface area contributed by atoms with Gasteiger partial charge in [0.15, 0.2) is 0 Å². The Morgan fingerprint density at radius 1 is 1.48 bits per heavy atom. The number of nitrogens with one attached hydrogen (secondary N) is 1. The highest BCUT2D eigenvalue weighted by Gasteiger charge is 2.25. The monoisotopic (exact) mass is 312 g/mol. The van der Waals surface area contributed by atoms with Gasteiger partial charge in [-0.15, -0.1) is 0 Å². The molecule has 1 aliphatic rings. The molecule has 7 nitrogen and oxygen atoms in total. The fourth-order valence-electron chi connectivity index (χ4n) is 2.62. The van der Waals surface area contributed by atoms with Gasteiger partial charge in [0.1, 0.15) is 11.4 Å². The predicted octanol–water partition coefficient (Wildman–Crippen LogP) is 2.14. The van der Waals surface area contributed by atoms with Crippen molar-refractivity contribution in [2.24, 2.45) is 0 Å². The van der Waals surface area contributed by atoms with Gasteiger partial charge >= 0.3 is 5.97 Å². The number of rotatable bonds is 3. The van der Waals surface area contributed by atoms with Gasteiger partial charge in [0, 0.05) is 30.2 Å². The van der Waals surface area contributed by atoms with Gasteiger partial charge in [0.05, 0.1) is 11.9 Å². The van der Waals surface area contributed by atoms with E-state index in [1.165, 1.54) is 4.57 Å². The minimum Gasteiger partial charge on any atom is -0.477 e. The molecule has 0 saturated heterocycles. The van der Waals surface area contributed by atoms with Crippen molar-refractivity contribution in [3.63, 3.8) is 0 Å². The van der Waals surface area contributed by atoms with Gasteiger partial charge < -0.3 is 10.4 Å². The van der Waals surface area contributed by atoms with Crippen molar-refractivity contribution in [1.29, 1.82) is 0 Å². The normalized spacial score (nSPS) is 18.5. The number of hydrogen-bond acceptors (Lipinski definition) is 5. The third kappa shape index (κ3) is 2.85. The van der Waals surface area contributed by atoms with E-state index >= 15 is 0 Å². The zero-order valence-electron chi connectivity index (χ0n) is 12.6. The molecule has 0 saturated carbocycles. The first-order valence-corrected chi connectivity index (χ1v) is 7.28. The van der Waals surface area contributed by atoms with Gasteiger partial charge in [-0.1, -0.05) is 0 Å². The van der Waals surface area contributed by atoms with E-state index in [1.807, 2.05) is 19.1 Å². The summed E-state index contributed by atoms with van der Waals surface area (Å²) in [7, 11) is 0. The van der Waals surface area contributed by atoms with Crippen LogP contribution >= 0.6 is 0 Å². The van der Waals surface area contributed by atoms with Crippen LogP contribution in [0, 0.1) is 0 Å². The van der Waals surface area contributed by atoms with Gasteiger partial charge in [-0.25, -0.2) is 9.78 Å². The summed E-state index contributed by atoms with van der Waals surface area (Å²) in [5.41, 5.74) is 0.875. The van der Waals surface area contributed by atoms with Gasteiger partial charge in [-0.2, -0.15) is 0 Å². The van der Waals surface area contributed by atoms with E-state index in [2.05, 4.69) is 15.3 Å². The number of carboxylic acid groups (broad SMARTS) is 1. The molecular weight excluding hydrogens is 296 g/mol. The molecule has 0 amide bonds. The molecule has 0 fully saturated rings. The quantitative estimate of drug-likeness (QED) is 0.901. The molecule has 2 aromatic rings. The lowest BCUT2D eigenvalue weighted by atomic mass is 10.0. The van der Waals surface area contributed by atoms with Crippen LogP contribution in [0.5, 0.6) is 0 Å². The lowest BCUT2D eigenvalue weighted by molar-refractivity contribution is 0.0693. The summed E-state index contributed by atoms with van der Waals surface area (Å²) in [4.78, 5) is 31.7. The van der Waals surface area contributed by atoms with Gasteiger partial charge in [0.25, 0.3) is 5.56 Å². The molecule has 0 spiro atoms. The second kappa shape index (κ2) is 6.04. The summed E-state index contributed by atoms with van der Waals surface area (Å²) < 4.78 is 1.46. The first-order valence-electron chi connectivity index (χ1n) is 7.28. The van der Waals surface area contributed by atoms with E-state index in [0.717, 1.165) is 30.3 Å². The topological polar surface area (TPSA) is 97.1 Å². The number of carboxylic acids is 1. The van der Waals surface area contributed by atoms with Crippen molar-refractivity contribution in [3.8, 4) is 0 Å². The Kier molecular flexibility index (Phi) is 3.92. The molecule has 0 bridgehead atoms. The summed E-state index contributed by atoms with van der Waals surface area (Å²) >= 11 is 0. The second-order valence-electron chi connectivity index (χ2n) is 5.42. The maximum absolute atomic E-state index is 12.4. The van der Waals surface area contributed by atoms with Crippen molar-refractivity contribution in [1.82, 2.24) is 14.5 Å². The first kappa shape index (κ1) is 15.0. The number of allylic oxidation sites excluding steroid dienone is 1. The Morgan fingerprint density at radius 3 is 3.00 bits per heavy atom. The summed E-state index contributed by atoms with van der Waals surface area (Å²) in [6.45, 7) is 1.89. The van der Waals surface area contributed by atoms with Crippen LogP contribution in [-0.4, -0.2) is 25.6 Å². The molecule has 0 aliphatic carbocycles. The molecule has 3 rings (SSSR count). The Balaban J connectivity index is 2.01. The van der Waals surface area contributed by atoms with Crippen molar-refractivity contribution in [3.05, 3.63) is 58.7 Å². The zero-order valence-corrected chi connectivity index (χ0v) is 12.6. The summed E-state index contributed by atoms with van der Waals surface area (Å²) in [5.74, 6) is -0.746. The number of carbonyl (C=O) groups is 1. The largest absolute Gasteiger partial charge is 0.477 e. The highest BCUT2D eigenvalue weighted by atomic mass is 16.4. The highest BCUT2D eigenvalue weighted by molar-refractivity contribution is 5.87. The van der Waals surface area contributed by atoms with Gasteiger partial charge in [0.2, 0.25) is 0 Å². The number of nitrogens with zero attached hydrogens (tertiary/aromatic N) is 3. The van der Waals surface area contributed by atoms with Gasteiger partial charge in [-0.3, -0.25) is 14.3 Å². The zero-order chi connectivity index (χ0) is 16.4. The molecule has 1 unspecified atom stereocenters. The van der Waals surface area contributed by atoms with Crippen LogP contribution in [0.15, 0.2) is 41.7 Å². The van der Waals surface area contributed by atoms with E-state index in [0.29, 0.717) is 5.82 Å². The van der Waals surface area contributed by atoms with Gasteiger partial charge in [-0.05, 0) is 31.9 Å². The molecule has 3 heterocycles. The van der Waals surface area contributed by atoms with E-state index in [4.69, 9.17) is 5.11 Å². The standard InChI is InChI=1S/C16H16N4O3/c1-10-4-5-11(7-18-12-3-2-6-17-8-12)14-19-9-13(16(22)23)15(21)20(10)14/h2-3,6-10,18H,4-5H2,1H3,(H,22,23)/b11-7+. The second-order valence-corrected chi connectivity index (χ2v) is 5.42. The molecule has 0 aromatic carbocycles. The molecule has 118 valence electrons. The average molecular weight is 312 g/mol. The van der Waals surface area contributed by atoms with E-state index < -0.39 is 11.5 Å². The lowest BCUT2D eigenvalue weighted by Crippen LogP contribution is -2.34. The Hall–Kier alpha value is -2.96. The minimum atomic E-state index is -1.26. The predicted molar refractivity (Wildman–Crippen MR) is 85.2 cm³/mol. The molecule has 2 aromatic heterocycles. The molecule has 7 heteroatoms. The van der Waals surface area contributed by atoms with Crippen LogP contribution in [0.25, 0.3) is 5.57 Å². The van der Waals surface area contributed by atoms with Crippen LogP contribution in [0.2, 0.25) is 0 Å². The highest BCUT2D eigenvalue weighted by Crippen LogP contribution is 2.29. The summed E-state index contributed by atoms with van der Waals surface area (Å²) in [6, 6.07) is 3.61. The van der Waals surface area contributed by atoms with E-state index in [9.17, 15) is 9.59 Å². The summed E-state index contributed by atoms with van der Waals surface area (Å²) in [5, 5.41) is 12.2. The van der Waals surface area contributed by atoms with Crippen LogP contribution < -0.4 is 10.9 Å². The van der Waals surface area contributed by atoms with Crippen LogP contribution in [0.1, 0.15) is 42.0 Å². The molecule has 1 atom stereocenters. The number of fused-ring (bicyclic) bond motifs is 1. The van der Waals surface area contributed by atoms with E-state index in [1.54, 1.807) is 18.6 Å². The Bertz CT molecular complexity index is 827. The third-order valence-electron chi connectivity index (χ3n) is 3.86. The molecule has 0 radical (unpaired) electrons. The fourth-order valence-corrected chi connectivity index (χ4v) is 2.62. The molecular formula is C16H16N4O3.